The molecule has 15 heavy (non-hydrogen) atoms. The molecule has 1 aliphatic rings. The zero-order chi connectivity index (χ0) is 11.7. The highest BCUT2D eigenvalue weighted by Crippen LogP contribution is 2.37. The second-order valence-electron chi connectivity index (χ2n) is 6.12. The molecule has 1 aliphatic carbocycles. The van der Waals surface area contributed by atoms with Gasteiger partial charge < -0.3 is 10.2 Å². The van der Waals surface area contributed by atoms with E-state index in [-0.39, 0.29) is 6.04 Å². The summed E-state index contributed by atoms with van der Waals surface area (Å²) in [5, 5.41) is 0.303. The molecule has 3 heteroatoms. The normalized spacial score (nSPS) is 27.3. The summed E-state index contributed by atoms with van der Waals surface area (Å²) < 4.78 is 6.16. The Hall–Kier alpha value is -0.123. The maximum absolute atomic E-state index is 6.16. The standard InChI is InChI=1S/C12H25NOSi/c1-12(2,3)15(4,5)14-9-10-6-7-11(13)8-10/h6-7,10-11H,8-9,13H2,1-5H3/t10-,11+/m1/s1. The SMILES string of the molecule is CC(C)(C)[Si](C)(C)OC[C@@H]1C=C[C@H](N)C1. The molecule has 88 valence electrons. The Kier molecular flexibility index (Phi) is 3.79. The fourth-order valence-electron chi connectivity index (χ4n) is 1.46. The maximum Gasteiger partial charge on any atom is 0.192 e. The minimum absolute atomic E-state index is 0.248. The smallest absolute Gasteiger partial charge is 0.192 e. The average Bonchev–Trinajstić information content (AvgIpc) is 2.46. The van der Waals surface area contributed by atoms with Gasteiger partial charge >= 0.3 is 0 Å². The summed E-state index contributed by atoms with van der Waals surface area (Å²) in [5.74, 6) is 0.536. The molecule has 0 fully saturated rings. The van der Waals surface area contributed by atoms with Crippen LogP contribution < -0.4 is 5.73 Å². The molecule has 0 saturated heterocycles. The zero-order valence-electron chi connectivity index (χ0n) is 10.7. The minimum atomic E-state index is -1.57. The van der Waals surface area contributed by atoms with Gasteiger partial charge in [0.2, 0.25) is 0 Å². The predicted octanol–water partition coefficient (Wildman–Crippen LogP) is 2.91. The molecule has 2 nitrogen and oxygen atoms in total. The van der Waals surface area contributed by atoms with Crippen molar-refractivity contribution in [2.24, 2.45) is 11.7 Å². The largest absolute Gasteiger partial charge is 0.416 e. The van der Waals surface area contributed by atoms with Crippen LogP contribution in [0.3, 0.4) is 0 Å². The van der Waals surface area contributed by atoms with Gasteiger partial charge in [-0.2, -0.15) is 0 Å². The first-order valence-electron chi connectivity index (χ1n) is 5.80. The molecule has 0 radical (unpaired) electrons. The molecule has 0 heterocycles. The molecule has 0 bridgehead atoms. The van der Waals surface area contributed by atoms with Crippen molar-refractivity contribution in [1.82, 2.24) is 0 Å². The van der Waals surface area contributed by atoms with E-state index in [9.17, 15) is 0 Å². The number of rotatable bonds is 3. The fraction of sp³-hybridized carbons (Fsp3) is 0.833. The Morgan fingerprint density at radius 2 is 1.93 bits per heavy atom. The van der Waals surface area contributed by atoms with Gasteiger partial charge in [0.05, 0.1) is 0 Å². The van der Waals surface area contributed by atoms with Crippen LogP contribution in [0.5, 0.6) is 0 Å². The summed E-state index contributed by atoms with van der Waals surface area (Å²) in [6.45, 7) is 12.3. The first-order chi connectivity index (χ1) is 6.72. The molecule has 0 saturated carbocycles. The van der Waals surface area contributed by atoms with Gasteiger partial charge in [-0.05, 0) is 24.6 Å². The summed E-state index contributed by atoms with van der Waals surface area (Å²) in [6.07, 6.45) is 5.35. The Balaban J connectivity index is 2.40. The Labute approximate surface area is 95.0 Å². The summed E-state index contributed by atoms with van der Waals surface area (Å²) >= 11 is 0. The Bertz CT molecular complexity index is 242. The monoisotopic (exact) mass is 227 g/mol. The quantitative estimate of drug-likeness (QED) is 0.594. The fourth-order valence-corrected chi connectivity index (χ4v) is 2.53. The second-order valence-corrected chi connectivity index (χ2v) is 10.9. The lowest BCUT2D eigenvalue weighted by Gasteiger charge is -2.36. The Morgan fingerprint density at radius 3 is 2.33 bits per heavy atom. The molecular formula is C12H25NOSi. The van der Waals surface area contributed by atoms with Gasteiger partial charge in [-0.15, -0.1) is 0 Å². The van der Waals surface area contributed by atoms with E-state index < -0.39 is 8.32 Å². The van der Waals surface area contributed by atoms with E-state index in [1.54, 1.807) is 0 Å². The lowest BCUT2D eigenvalue weighted by Crippen LogP contribution is -2.41. The van der Waals surface area contributed by atoms with Crippen molar-refractivity contribution in [2.45, 2.75) is 51.4 Å². The van der Waals surface area contributed by atoms with E-state index in [4.69, 9.17) is 10.2 Å². The minimum Gasteiger partial charge on any atom is -0.416 e. The van der Waals surface area contributed by atoms with E-state index in [2.05, 4.69) is 46.0 Å². The maximum atomic E-state index is 6.16. The van der Waals surface area contributed by atoms with Crippen LogP contribution in [0.25, 0.3) is 0 Å². The summed E-state index contributed by atoms with van der Waals surface area (Å²) in [6, 6.07) is 0.248. The van der Waals surface area contributed by atoms with Crippen molar-refractivity contribution in [3.05, 3.63) is 12.2 Å². The third-order valence-corrected chi connectivity index (χ3v) is 8.17. The van der Waals surface area contributed by atoms with Crippen LogP contribution in [0.4, 0.5) is 0 Å². The molecule has 0 unspecified atom stereocenters. The van der Waals surface area contributed by atoms with Gasteiger partial charge in [0.25, 0.3) is 0 Å². The number of hydrogen-bond acceptors (Lipinski definition) is 2. The van der Waals surface area contributed by atoms with Crippen molar-refractivity contribution in [1.29, 1.82) is 0 Å². The highest BCUT2D eigenvalue weighted by atomic mass is 28.4. The van der Waals surface area contributed by atoms with E-state index in [1.807, 2.05) is 0 Å². The summed E-state index contributed by atoms with van der Waals surface area (Å²) in [7, 11) is -1.57. The third-order valence-electron chi connectivity index (χ3n) is 3.67. The van der Waals surface area contributed by atoms with Crippen LogP contribution in [-0.2, 0) is 4.43 Å². The van der Waals surface area contributed by atoms with E-state index in [1.165, 1.54) is 0 Å². The van der Waals surface area contributed by atoms with E-state index >= 15 is 0 Å². The topological polar surface area (TPSA) is 35.2 Å². The summed E-state index contributed by atoms with van der Waals surface area (Å²) in [4.78, 5) is 0. The van der Waals surface area contributed by atoms with Crippen LogP contribution in [0.15, 0.2) is 12.2 Å². The van der Waals surface area contributed by atoms with Gasteiger partial charge in [0.1, 0.15) is 0 Å². The number of nitrogens with two attached hydrogens (primary N) is 1. The van der Waals surface area contributed by atoms with Crippen LogP contribution >= 0.6 is 0 Å². The molecular weight excluding hydrogens is 202 g/mol. The third kappa shape index (κ3) is 3.43. The van der Waals surface area contributed by atoms with Crippen molar-refractivity contribution < 1.29 is 4.43 Å². The van der Waals surface area contributed by atoms with Gasteiger partial charge in [0.15, 0.2) is 8.32 Å². The van der Waals surface area contributed by atoms with Crippen molar-refractivity contribution in [3.8, 4) is 0 Å². The lowest BCUT2D eigenvalue weighted by molar-refractivity contribution is 0.248. The average molecular weight is 227 g/mol. The summed E-state index contributed by atoms with van der Waals surface area (Å²) in [5.41, 5.74) is 5.82. The highest BCUT2D eigenvalue weighted by Gasteiger charge is 2.37. The molecule has 0 aliphatic heterocycles. The zero-order valence-corrected chi connectivity index (χ0v) is 11.7. The van der Waals surface area contributed by atoms with Crippen LogP contribution in [0, 0.1) is 5.92 Å². The highest BCUT2D eigenvalue weighted by molar-refractivity contribution is 6.74. The second kappa shape index (κ2) is 4.40. The number of hydrogen-bond donors (Lipinski definition) is 1. The van der Waals surface area contributed by atoms with E-state index in [0.29, 0.717) is 11.0 Å². The van der Waals surface area contributed by atoms with Gasteiger partial charge in [-0.25, -0.2) is 0 Å². The molecule has 0 amide bonds. The van der Waals surface area contributed by atoms with Gasteiger partial charge in [-0.3, -0.25) is 0 Å². The molecule has 0 aromatic heterocycles. The Morgan fingerprint density at radius 1 is 1.33 bits per heavy atom. The van der Waals surface area contributed by atoms with Crippen LogP contribution in [-0.4, -0.2) is 21.0 Å². The molecule has 2 N–H and O–H groups in total. The van der Waals surface area contributed by atoms with Crippen molar-refractivity contribution >= 4 is 8.32 Å². The van der Waals surface area contributed by atoms with Crippen molar-refractivity contribution in [2.75, 3.05) is 6.61 Å². The van der Waals surface area contributed by atoms with Crippen LogP contribution in [0.1, 0.15) is 27.2 Å². The predicted molar refractivity (Wildman–Crippen MR) is 68.4 cm³/mol. The first-order valence-corrected chi connectivity index (χ1v) is 8.71. The molecule has 0 spiro atoms. The van der Waals surface area contributed by atoms with Crippen molar-refractivity contribution in [3.63, 3.8) is 0 Å². The first kappa shape index (κ1) is 12.9. The lowest BCUT2D eigenvalue weighted by atomic mass is 10.1. The van der Waals surface area contributed by atoms with Crippen LogP contribution in [0.2, 0.25) is 18.1 Å². The molecule has 0 aromatic rings. The molecule has 2 atom stereocenters. The molecule has 1 rings (SSSR count). The van der Waals surface area contributed by atoms with E-state index in [0.717, 1.165) is 13.0 Å². The van der Waals surface area contributed by atoms with Gasteiger partial charge in [0, 0.05) is 18.6 Å². The molecule has 0 aromatic carbocycles. The van der Waals surface area contributed by atoms with Gasteiger partial charge in [-0.1, -0.05) is 32.9 Å².